The molecule has 0 spiro atoms. The van der Waals surface area contributed by atoms with Gasteiger partial charge in [0.1, 0.15) is 23.5 Å². The summed E-state index contributed by atoms with van der Waals surface area (Å²) < 4.78 is 21.9. The van der Waals surface area contributed by atoms with E-state index in [4.69, 9.17) is 18.6 Å². The van der Waals surface area contributed by atoms with Crippen molar-refractivity contribution in [2.75, 3.05) is 24.9 Å². The van der Waals surface area contributed by atoms with Gasteiger partial charge in [0, 0.05) is 29.4 Å². The molecule has 0 bridgehead atoms. The van der Waals surface area contributed by atoms with Gasteiger partial charge in [0.05, 0.1) is 37.3 Å². The SMILES string of the molecule is COc1ccccc1NCc1c(-c2ccc(OC(=O)c3ccoc3)cc2OC)ccc2c1C(C)=CC(C)(C)N2. The van der Waals surface area contributed by atoms with Gasteiger partial charge in [0.15, 0.2) is 0 Å². The van der Waals surface area contributed by atoms with Crippen molar-refractivity contribution >= 4 is 22.9 Å². The highest BCUT2D eigenvalue weighted by molar-refractivity contribution is 5.91. The van der Waals surface area contributed by atoms with Crippen molar-refractivity contribution in [2.45, 2.75) is 32.9 Å². The maximum atomic E-state index is 12.5. The third kappa shape index (κ3) is 5.34. The van der Waals surface area contributed by atoms with E-state index < -0.39 is 5.97 Å². The number of para-hydroxylation sites is 2. The zero-order valence-corrected chi connectivity index (χ0v) is 22.8. The Bertz CT molecular complexity index is 1540. The number of hydrogen-bond donors (Lipinski definition) is 2. The molecule has 1 aliphatic heterocycles. The zero-order valence-electron chi connectivity index (χ0n) is 22.8. The van der Waals surface area contributed by atoms with Crippen molar-refractivity contribution in [2.24, 2.45) is 0 Å². The van der Waals surface area contributed by atoms with Gasteiger partial charge >= 0.3 is 5.97 Å². The Kier molecular flexibility index (Phi) is 7.07. The van der Waals surface area contributed by atoms with Gasteiger partial charge in [-0.3, -0.25) is 0 Å². The van der Waals surface area contributed by atoms with Crippen LogP contribution in [0.5, 0.6) is 17.2 Å². The fraction of sp³-hybridized carbons (Fsp3) is 0.219. The molecule has 0 atom stereocenters. The number of nitrogens with one attached hydrogen (secondary N) is 2. The minimum Gasteiger partial charge on any atom is -0.496 e. The fourth-order valence-electron chi connectivity index (χ4n) is 5.11. The van der Waals surface area contributed by atoms with Gasteiger partial charge < -0.3 is 29.3 Å². The highest BCUT2D eigenvalue weighted by Crippen LogP contribution is 2.43. The van der Waals surface area contributed by atoms with Gasteiger partial charge in [-0.05, 0) is 73.9 Å². The molecule has 7 nitrogen and oxygen atoms in total. The van der Waals surface area contributed by atoms with Crippen LogP contribution in [0.3, 0.4) is 0 Å². The second kappa shape index (κ2) is 10.6. The largest absolute Gasteiger partial charge is 0.496 e. The first-order chi connectivity index (χ1) is 18.8. The topological polar surface area (TPSA) is 82.0 Å². The third-order valence-corrected chi connectivity index (χ3v) is 6.73. The minimum absolute atomic E-state index is 0.163. The van der Waals surface area contributed by atoms with Gasteiger partial charge in [-0.25, -0.2) is 4.79 Å². The normalized spacial score (nSPS) is 13.5. The number of anilines is 2. The molecule has 1 aliphatic rings. The van der Waals surface area contributed by atoms with Crippen molar-refractivity contribution in [3.05, 3.63) is 96.0 Å². The van der Waals surface area contributed by atoms with E-state index in [9.17, 15) is 4.79 Å². The van der Waals surface area contributed by atoms with Crippen LogP contribution in [-0.4, -0.2) is 25.7 Å². The number of fused-ring (bicyclic) bond motifs is 1. The summed E-state index contributed by atoms with van der Waals surface area (Å²) >= 11 is 0. The van der Waals surface area contributed by atoms with Crippen molar-refractivity contribution < 1.29 is 23.4 Å². The lowest BCUT2D eigenvalue weighted by atomic mass is 9.85. The van der Waals surface area contributed by atoms with Crippen LogP contribution in [-0.2, 0) is 6.54 Å². The minimum atomic E-state index is -0.497. The first-order valence-corrected chi connectivity index (χ1v) is 12.7. The number of hydrogen-bond acceptors (Lipinski definition) is 7. The molecule has 0 saturated carbocycles. The van der Waals surface area contributed by atoms with Crippen molar-refractivity contribution in [1.82, 2.24) is 0 Å². The average molecular weight is 525 g/mol. The summed E-state index contributed by atoms with van der Waals surface area (Å²) in [6, 6.07) is 19.1. The van der Waals surface area contributed by atoms with Crippen LogP contribution in [0.1, 0.15) is 42.3 Å². The molecule has 0 unspecified atom stereocenters. The molecular weight excluding hydrogens is 492 g/mol. The summed E-state index contributed by atoms with van der Waals surface area (Å²) in [7, 11) is 3.28. The monoisotopic (exact) mass is 524 g/mol. The molecule has 2 N–H and O–H groups in total. The molecule has 5 rings (SSSR count). The van der Waals surface area contributed by atoms with Crippen LogP contribution >= 0.6 is 0 Å². The van der Waals surface area contributed by atoms with Gasteiger partial charge in [0.25, 0.3) is 0 Å². The number of methoxy groups -OCH3 is 2. The van der Waals surface area contributed by atoms with Gasteiger partial charge in [0.2, 0.25) is 0 Å². The maximum absolute atomic E-state index is 12.5. The van der Waals surface area contributed by atoms with Crippen LogP contribution in [0.25, 0.3) is 16.7 Å². The summed E-state index contributed by atoms with van der Waals surface area (Å²) in [5.74, 6) is 1.25. The highest BCUT2D eigenvalue weighted by Gasteiger charge is 2.27. The van der Waals surface area contributed by atoms with E-state index in [1.54, 1.807) is 32.4 Å². The quantitative estimate of drug-likeness (QED) is 0.184. The van der Waals surface area contributed by atoms with Crippen molar-refractivity contribution in [1.29, 1.82) is 0 Å². The summed E-state index contributed by atoms with van der Waals surface area (Å²) in [6.45, 7) is 7.01. The molecule has 2 heterocycles. The molecule has 1 aromatic heterocycles. The van der Waals surface area contributed by atoms with E-state index >= 15 is 0 Å². The summed E-state index contributed by atoms with van der Waals surface area (Å²) in [4.78, 5) is 12.5. The Balaban J connectivity index is 1.57. The van der Waals surface area contributed by atoms with E-state index in [2.05, 4.69) is 49.6 Å². The lowest BCUT2D eigenvalue weighted by Crippen LogP contribution is -2.32. The fourth-order valence-corrected chi connectivity index (χ4v) is 5.11. The van der Waals surface area contributed by atoms with E-state index in [-0.39, 0.29) is 5.54 Å². The number of esters is 1. The summed E-state index contributed by atoms with van der Waals surface area (Å²) in [5, 5.41) is 7.23. The Morgan fingerprint density at radius 3 is 2.49 bits per heavy atom. The van der Waals surface area contributed by atoms with E-state index in [0.29, 0.717) is 23.6 Å². The number of benzene rings is 3. The molecule has 39 heavy (non-hydrogen) atoms. The number of ether oxygens (including phenoxy) is 3. The standard InChI is InChI=1S/C32H32N2O5/c1-20-17-32(2,3)34-27-13-12-23(25(30(20)27)18-33-26-8-6-7-9-28(26)36-4)24-11-10-22(16-29(24)37-5)39-31(35)21-14-15-38-19-21/h6-17,19,33-34H,18H2,1-5H3. The second-order valence-corrected chi connectivity index (χ2v) is 10.0. The molecule has 200 valence electrons. The molecule has 0 fully saturated rings. The number of carbonyl (C=O) groups excluding carboxylic acids is 1. The Labute approximate surface area is 228 Å². The van der Waals surface area contributed by atoms with Crippen LogP contribution in [0.15, 0.2) is 83.7 Å². The van der Waals surface area contributed by atoms with E-state index in [0.717, 1.165) is 39.4 Å². The van der Waals surface area contributed by atoms with Crippen LogP contribution < -0.4 is 24.8 Å². The predicted octanol–water partition coefficient (Wildman–Crippen LogP) is 7.40. The highest BCUT2D eigenvalue weighted by atomic mass is 16.5. The molecule has 4 aromatic rings. The third-order valence-electron chi connectivity index (χ3n) is 6.73. The first kappa shape index (κ1) is 26.0. The zero-order chi connectivity index (χ0) is 27.6. The predicted molar refractivity (Wildman–Crippen MR) is 154 cm³/mol. The van der Waals surface area contributed by atoms with Gasteiger partial charge in [-0.15, -0.1) is 0 Å². The number of allylic oxidation sites excluding steroid dienone is 1. The molecule has 0 radical (unpaired) electrons. The molecule has 0 saturated heterocycles. The van der Waals surface area contributed by atoms with Crippen LogP contribution in [0.4, 0.5) is 11.4 Å². The number of rotatable bonds is 8. The molecule has 0 aliphatic carbocycles. The van der Waals surface area contributed by atoms with Crippen molar-refractivity contribution in [3.63, 3.8) is 0 Å². The van der Waals surface area contributed by atoms with Gasteiger partial charge in [-0.1, -0.05) is 24.3 Å². The number of carbonyl (C=O) groups is 1. The Hall–Kier alpha value is -4.65. The average Bonchev–Trinajstić information content (AvgIpc) is 3.46. The summed E-state index contributed by atoms with van der Waals surface area (Å²) in [6.07, 6.45) is 5.04. The Morgan fingerprint density at radius 1 is 0.974 bits per heavy atom. The van der Waals surface area contributed by atoms with Crippen molar-refractivity contribution in [3.8, 4) is 28.4 Å². The first-order valence-electron chi connectivity index (χ1n) is 12.7. The lowest BCUT2D eigenvalue weighted by molar-refractivity contribution is 0.0733. The van der Waals surface area contributed by atoms with Crippen LogP contribution in [0, 0.1) is 0 Å². The lowest BCUT2D eigenvalue weighted by Gasteiger charge is -2.33. The smallest absolute Gasteiger partial charge is 0.346 e. The maximum Gasteiger partial charge on any atom is 0.346 e. The van der Waals surface area contributed by atoms with Gasteiger partial charge in [-0.2, -0.15) is 0 Å². The second-order valence-electron chi connectivity index (χ2n) is 10.0. The number of furan rings is 1. The molecule has 0 amide bonds. The molecule has 7 heteroatoms. The van der Waals surface area contributed by atoms with Crippen LogP contribution in [0.2, 0.25) is 0 Å². The van der Waals surface area contributed by atoms with E-state index in [1.165, 1.54) is 18.1 Å². The summed E-state index contributed by atoms with van der Waals surface area (Å²) in [5.41, 5.74) is 7.50. The molecular formula is C32H32N2O5. The molecule has 3 aromatic carbocycles. The Morgan fingerprint density at radius 2 is 1.74 bits per heavy atom. The van der Waals surface area contributed by atoms with E-state index in [1.807, 2.05) is 30.3 Å².